The number of anilines is 2. The van der Waals surface area contributed by atoms with Gasteiger partial charge in [-0.3, -0.25) is 0 Å². The number of ether oxygens (including phenoxy) is 3. The van der Waals surface area contributed by atoms with E-state index in [-0.39, 0.29) is 11.9 Å². The minimum absolute atomic E-state index is 0.250. The van der Waals surface area contributed by atoms with Crippen LogP contribution in [0.2, 0.25) is 5.02 Å². The van der Waals surface area contributed by atoms with Gasteiger partial charge in [-0.05, 0) is 122 Å². The first-order valence-electron chi connectivity index (χ1n) is 22.1. The Kier molecular flexibility index (Phi) is 16.1. The topological polar surface area (TPSA) is 131 Å². The molecule has 0 aliphatic rings. The maximum absolute atomic E-state index is 6.25. The molecule has 0 atom stereocenters. The Balaban J connectivity index is 0.000000194. The average molecular weight is 884 g/mol. The Bertz CT molecular complexity index is 2740. The first-order valence-corrected chi connectivity index (χ1v) is 22.5. The molecule has 10 heteroatoms. The fraction of sp³-hybridized carbons (Fsp3) is 0.200. The van der Waals surface area contributed by atoms with Crippen LogP contribution in [0.15, 0.2) is 158 Å². The zero-order valence-corrected chi connectivity index (χ0v) is 38.0. The van der Waals surface area contributed by atoms with E-state index in [0.29, 0.717) is 18.2 Å². The van der Waals surface area contributed by atoms with E-state index in [1.54, 1.807) is 7.11 Å². The maximum Gasteiger partial charge on any atom is 0.221 e. The van der Waals surface area contributed by atoms with Gasteiger partial charge in [0.2, 0.25) is 11.9 Å². The first-order chi connectivity index (χ1) is 31.8. The SMILES string of the molecule is CCCCc1c(-c2ccc(OC)cc2)nc(N)nc1-c1ccc(OCc2ccccc2)cc1.CCCCc1c(-c2ccc(OCc3ccccc3)cc2)nc(N)nc1-c1cccc(Cl)c1. The van der Waals surface area contributed by atoms with Crippen LogP contribution in [0.1, 0.15) is 61.8 Å². The molecule has 0 amide bonds. The van der Waals surface area contributed by atoms with Crippen LogP contribution in [0.3, 0.4) is 0 Å². The molecular formula is C55H55ClN6O3. The summed E-state index contributed by atoms with van der Waals surface area (Å²) in [5, 5.41) is 0.669. The maximum atomic E-state index is 6.25. The fourth-order valence-electron chi connectivity index (χ4n) is 7.42. The number of hydrogen-bond acceptors (Lipinski definition) is 9. The molecule has 8 aromatic rings. The van der Waals surface area contributed by atoms with Gasteiger partial charge in [0.15, 0.2) is 0 Å². The number of aromatic nitrogens is 4. The highest BCUT2D eigenvalue weighted by Gasteiger charge is 2.19. The van der Waals surface area contributed by atoms with Gasteiger partial charge in [-0.1, -0.05) is 111 Å². The summed E-state index contributed by atoms with van der Waals surface area (Å²) in [5.74, 6) is 2.95. The van der Waals surface area contributed by atoms with Crippen molar-refractivity contribution in [1.82, 2.24) is 19.9 Å². The van der Waals surface area contributed by atoms with Gasteiger partial charge in [-0.25, -0.2) is 19.9 Å². The minimum Gasteiger partial charge on any atom is -0.497 e. The van der Waals surface area contributed by atoms with Crippen molar-refractivity contribution in [2.24, 2.45) is 0 Å². The van der Waals surface area contributed by atoms with Crippen LogP contribution in [0, 0.1) is 0 Å². The Hall–Kier alpha value is -7.23. The van der Waals surface area contributed by atoms with E-state index in [1.165, 1.54) is 0 Å². The molecule has 2 aromatic heterocycles. The minimum atomic E-state index is 0.250. The van der Waals surface area contributed by atoms with Crippen molar-refractivity contribution in [2.75, 3.05) is 18.6 Å². The fourth-order valence-corrected chi connectivity index (χ4v) is 7.61. The lowest BCUT2D eigenvalue weighted by atomic mass is 9.96. The van der Waals surface area contributed by atoms with Crippen LogP contribution >= 0.6 is 11.6 Å². The van der Waals surface area contributed by atoms with Gasteiger partial charge >= 0.3 is 0 Å². The summed E-state index contributed by atoms with van der Waals surface area (Å²) in [4.78, 5) is 18.5. The molecule has 0 spiro atoms. The zero-order chi connectivity index (χ0) is 45.4. The van der Waals surface area contributed by atoms with E-state index < -0.39 is 0 Å². The predicted octanol–water partition coefficient (Wildman–Crippen LogP) is 13.3. The highest BCUT2D eigenvalue weighted by atomic mass is 35.5. The Labute approximate surface area is 387 Å². The predicted molar refractivity (Wildman–Crippen MR) is 265 cm³/mol. The Morgan fingerprint density at radius 3 is 1.20 bits per heavy atom. The van der Waals surface area contributed by atoms with Crippen LogP contribution in [0.25, 0.3) is 45.0 Å². The lowest BCUT2D eigenvalue weighted by Gasteiger charge is -2.15. The molecule has 0 radical (unpaired) electrons. The Morgan fingerprint density at radius 1 is 0.446 bits per heavy atom. The van der Waals surface area contributed by atoms with Crippen molar-refractivity contribution in [3.8, 4) is 62.3 Å². The average Bonchev–Trinajstić information content (AvgIpc) is 3.35. The highest BCUT2D eigenvalue weighted by molar-refractivity contribution is 6.30. The molecule has 0 bridgehead atoms. The zero-order valence-electron chi connectivity index (χ0n) is 37.2. The Morgan fingerprint density at radius 2 is 0.831 bits per heavy atom. The summed E-state index contributed by atoms with van der Waals surface area (Å²) in [6.45, 7) is 5.42. The van der Waals surface area contributed by atoms with Gasteiger partial charge in [0.1, 0.15) is 30.5 Å². The number of unbranched alkanes of at least 4 members (excludes halogenated alkanes) is 2. The first kappa shape index (κ1) is 45.8. The molecule has 2 heterocycles. The van der Waals surface area contributed by atoms with E-state index in [9.17, 15) is 0 Å². The van der Waals surface area contributed by atoms with Crippen LogP contribution in [-0.2, 0) is 26.1 Å². The van der Waals surface area contributed by atoms with Gasteiger partial charge in [-0.2, -0.15) is 0 Å². The normalized spacial score (nSPS) is 10.8. The molecule has 330 valence electrons. The molecule has 0 aliphatic heterocycles. The third-order valence-corrected chi connectivity index (χ3v) is 11.1. The van der Waals surface area contributed by atoms with Crippen molar-refractivity contribution < 1.29 is 14.2 Å². The van der Waals surface area contributed by atoms with E-state index in [2.05, 4.69) is 58.0 Å². The van der Waals surface area contributed by atoms with Gasteiger partial charge < -0.3 is 25.7 Å². The van der Waals surface area contributed by atoms with E-state index in [4.69, 9.17) is 37.3 Å². The smallest absolute Gasteiger partial charge is 0.221 e. The van der Waals surface area contributed by atoms with Crippen molar-refractivity contribution in [2.45, 2.75) is 65.6 Å². The van der Waals surface area contributed by atoms with Crippen LogP contribution in [0.4, 0.5) is 11.9 Å². The second-order valence-corrected chi connectivity index (χ2v) is 16.0. The summed E-state index contributed by atoms with van der Waals surface area (Å²) in [6, 6.07) is 51.9. The summed E-state index contributed by atoms with van der Waals surface area (Å²) < 4.78 is 17.2. The van der Waals surface area contributed by atoms with Gasteiger partial charge in [0.25, 0.3) is 0 Å². The van der Waals surface area contributed by atoms with Crippen LogP contribution in [0.5, 0.6) is 17.2 Å². The molecule has 0 unspecified atom stereocenters. The number of nitrogen functional groups attached to an aromatic ring is 2. The van der Waals surface area contributed by atoms with Crippen LogP contribution in [-0.4, -0.2) is 27.0 Å². The molecule has 9 nitrogen and oxygen atoms in total. The molecule has 6 aromatic carbocycles. The van der Waals surface area contributed by atoms with Crippen molar-refractivity contribution >= 4 is 23.5 Å². The third kappa shape index (κ3) is 12.5. The number of nitrogens with zero attached hydrogens (tertiary/aromatic N) is 4. The summed E-state index contributed by atoms with van der Waals surface area (Å²) >= 11 is 6.25. The van der Waals surface area contributed by atoms with Crippen molar-refractivity contribution in [1.29, 1.82) is 0 Å². The van der Waals surface area contributed by atoms with E-state index >= 15 is 0 Å². The molecule has 65 heavy (non-hydrogen) atoms. The third-order valence-electron chi connectivity index (χ3n) is 10.8. The molecular weight excluding hydrogens is 828 g/mol. The van der Waals surface area contributed by atoms with E-state index in [1.807, 2.05) is 133 Å². The molecule has 0 aliphatic carbocycles. The van der Waals surface area contributed by atoms with Crippen LogP contribution < -0.4 is 25.7 Å². The second kappa shape index (κ2) is 22.9. The number of methoxy groups -OCH3 is 1. The molecule has 8 rings (SSSR count). The summed E-state index contributed by atoms with van der Waals surface area (Å²) in [6.07, 6.45) is 5.97. The van der Waals surface area contributed by atoms with Crippen molar-refractivity contribution in [3.63, 3.8) is 0 Å². The number of rotatable bonds is 17. The summed E-state index contributed by atoms with van der Waals surface area (Å²) in [5.41, 5.74) is 24.1. The van der Waals surface area contributed by atoms with E-state index in [0.717, 1.165) is 123 Å². The number of halogens is 1. The number of hydrogen-bond donors (Lipinski definition) is 2. The monoisotopic (exact) mass is 882 g/mol. The van der Waals surface area contributed by atoms with Crippen molar-refractivity contribution in [3.05, 3.63) is 185 Å². The lowest BCUT2D eigenvalue weighted by Crippen LogP contribution is -2.05. The lowest BCUT2D eigenvalue weighted by molar-refractivity contribution is 0.306. The number of benzene rings is 6. The van der Waals surface area contributed by atoms with Gasteiger partial charge in [0.05, 0.1) is 29.9 Å². The quantitative estimate of drug-likeness (QED) is 0.0917. The molecule has 4 N–H and O–H groups in total. The number of nitrogens with two attached hydrogens (primary N) is 2. The largest absolute Gasteiger partial charge is 0.497 e. The molecule has 0 fully saturated rings. The van der Waals surface area contributed by atoms with Gasteiger partial charge in [-0.15, -0.1) is 0 Å². The highest BCUT2D eigenvalue weighted by Crippen LogP contribution is 2.35. The molecule has 0 saturated heterocycles. The van der Waals surface area contributed by atoms with Gasteiger partial charge in [0, 0.05) is 38.4 Å². The molecule has 0 saturated carbocycles. The second-order valence-electron chi connectivity index (χ2n) is 15.6. The summed E-state index contributed by atoms with van der Waals surface area (Å²) in [7, 11) is 1.66. The standard InChI is InChI=1S/C28H29N3O2.C27H26ClN3O/c1-3-4-10-25-26(21-11-15-23(32-2)16-12-21)30-28(29)31-27(25)22-13-17-24(18-14-22)33-19-20-8-6-5-7-9-20;1-2-3-12-24-25(30-27(29)31-26(24)21-10-7-11-22(28)17-21)20-13-15-23(16-14-20)32-18-19-8-5-4-6-9-19/h5-9,11-18H,3-4,10,19H2,1-2H3,(H2,29,30,31);4-11,13-17H,2-3,12,18H2,1H3,(H2,29,30,31).